The second-order valence-electron chi connectivity index (χ2n) is 4.58. The zero-order valence-electron chi connectivity index (χ0n) is 10.9. The summed E-state index contributed by atoms with van der Waals surface area (Å²) in [7, 11) is -3.47. The number of benzene rings is 2. The van der Waals surface area contributed by atoms with Crippen LogP contribution in [-0.4, -0.2) is 19.5 Å². The quantitative estimate of drug-likeness (QED) is 0.939. The van der Waals surface area contributed by atoms with Crippen LogP contribution in [0.2, 0.25) is 0 Å². The third kappa shape index (κ3) is 3.24. The van der Waals surface area contributed by atoms with E-state index in [9.17, 15) is 13.2 Å². The van der Waals surface area contributed by atoms with Crippen LogP contribution >= 0.6 is 0 Å². The van der Waals surface area contributed by atoms with Gasteiger partial charge in [0.25, 0.3) is 0 Å². The largest absolute Gasteiger partial charge is 0.478 e. The Balaban J connectivity index is 2.28. The van der Waals surface area contributed by atoms with Gasteiger partial charge in [0.15, 0.2) is 9.84 Å². The van der Waals surface area contributed by atoms with E-state index in [-0.39, 0.29) is 16.2 Å². The average molecular weight is 290 g/mol. The van der Waals surface area contributed by atoms with E-state index in [1.165, 1.54) is 24.3 Å². The molecular weight excluding hydrogens is 276 g/mol. The lowest BCUT2D eigenvalue weighted by Gasteiger charge is -2.06. The van der Waals surface area contributed by atoms with Gasteiger partial charge in [0, 0.05) is 0 Å². The molecule has 0 aliphatic rings. The minimum absolute atomic E-state index is 0.0690. The standard InChI is InChI=1S/C15H14O4S/c1-11-3-2-4-12(9-11)10-20(18,19)14-7-5-13(6-8-14)15(16)17/h2-9H,10H2,1H3,(H,16,17). The SMILES string of the molecule is Cc1cccc(CS(=O)(=O)c2ccc(C(=O)O)cc2)c1. The van der Waals surface area contributed by atoms with Gasteiger partial charge in [0.2, 0.25) is 0 Å². The van der Waals surface area contributed by atoms with Crippen LogP contribution in [-0.2, 0) is 15.6 Å². The van der Waals surface area contributed by atoms with E-state index in [1.807, 2.05) is 25.1 Å². The highest BCUT2D eigenvalue weighted by molar-refractivity contribution is 7.90. The van der Waals surface area contributed by atoms with Crippen molar-refractivity contribution in [1.82, 2.24) is 0 Å². The Kier molecular flexibility index (Phi) is 3.90. The molecule has 0 saturated carbocycles. The number of aryl methyl sites for hydroxylation is 1. The lowest BCUT2D eigenvalue weighted by Crippen LogP contribution is -2.06. The van der Waals surface area contributed by atoms with Crippen LogP contribution < -0.4 is 0 Å². The molecule has 2 aromatic carbocycles. The number of aromatic carboxylic acids is 1. The minimum atomic E-state index is -3.47. The number of carboxylic acids is 1. The number of carboxylic acid groups (broad SMARTS) is 1. The number of carbonyl (C=O) groups is 1. The predicted octanol–water partition coefficient (Wildman–Crippen LogP) is 2.67. The fraction of sp³-hybridized carbons (Fsp3) is 0.133. The molecular formula is C15H14O4S. The first-order chi connectivity index (χ1) is 9.38. The summed E-state index contributed by atoms with van der Waals surface area (Å²) < 4.78 is 24.5. The molecule has 0 heterocycles. The Morgan fingerprint density at radius 3 is 2.30 bits per heavy atom. The number of sulfone groups is 1. The van der Waals surface area contributed by atoms with Crippen molar-refractivity contribution in [2.45, 2.75) is 17.6 Å². The third-order valence-corrected chi connectivity index (χ3v) is 4.60. The van der Waals surface area contributed by atoms with Crippen LogP contribution in [0.5, 0.6) is 0 Å². The second kappa shape index (κ2) is 5.46. The summed E-state index contributed by atoms with van der Waals surface area (Å²) in [4.78, 5) is 10.9. The molecule has 0 spiro atoms. The van der Waals surface area contributed by atoms with E-state index < -0.39 is 15.8 Å². The summed E-state index contributed by atoms with van der Waals surface area (Å²) in [6, 6.07) is 12.5. The summed E-state index contributed by atoms with van der Waals surface area (Å²) in [5.74, 6) is -1.17. The van der Waals surface area contributed by atoms with Gasteiger partial charge in [0.1, 0.15) is 0 Å². The molecule has 0 bridgehead atoms. The molecule has 0 radical (unpaired) electrons. The van der Waals surface area contributed by atoms with Gasteiger partial charge in [-0.1, -0.05) is 29.8 Å². The van der Waals surface area contributed by atoms with Crippen molar-refractivity contribution < 1.29 is 18.3 Å². The lowest BCUT2D eigenvalue weighted by molar-refractivity contribution is 0.0696. The second-order valence-corrected chi connectivity index (χ2v) is 6.57. The van der Waals surface area contributed by atoms with Gasteiger partial charge in [0.05, 0.1) is 16.2 Å². The molecule has 0 atom stereocenters. The number of hydrogen-bond donors (Lipinski definition) is 1. The van der Waals surface area contributed by atoms with Crippen LogP contribution in [0.3, 0.4) is 0 Å². The molecule has 5 heteroatoms. The molecule has 0 aliphatic carbocycles. The monoisotopic (exact) mass is 290 g/mol. The Labute approximate surface area is 117 Å². The molecule has 104 valence electrons. The van der Waals surface area contributed by atoms with Crippen molar-refractivity contribution in [1.29, 1.82) is 0 Å². The van der Waals surface area contributed by atoms with Crippen LogP contribution in [0.25, 0.3) is 0 Å². The van der Waals surface area contributed by atoms with E-state index in [4.69, 9.17) is 5.11 Å². The van der Waals surface area contributed by atoms with Crippen molar-refractivity contribution in [2.75, 3.05) is 0 Å². The predicted molar refractivity (Wildman–Crippen MR) is 75.5 cm³/mol. The molecule has 0 aliphatic heterocycles. The zero-order chi connectivity index (χ0) is 14.8. The van der Waals surface area contributed by atoms with Crippen molar-refractivity contribution in [3.8, 4) is 0 Å². The smallest absolute Gasteiger partial charge is 0.335 e. The number of rotatable bonds is 4. The maximum Gasteiger partial charge on any atom is 0.335 e. The van der Waals surface area contributed by atoms with Crippen molar-refractivity contribution >= 4 is 15.8 Å². The molecule has 0 fully saturated rings. The first-order valence-electron chi connectivity index (χ1n) is 6.00. The van der Waals surface area contributed by atoms with Gasteiger partial charge in [-0.2, -0.15) is 0 Å². The molecule has 0 amide bonds. The molecule has 0 unspecified atom stereocenters. The van der Waals surface area contributed by atoms with Gasteiger partial charge in [-0.15, -0.1) is 0 Å². The normalized spacial score (nSPS) is 11.2. The van der Waals surface area contributed by atoms with Gasteiger partial charge < -0.3 is 5.11 Å². The van der Waals surface area contributed by atoms with E-state index in [0.717, 1.165) is 5.56 Å². The lowest BCUT2D eigenvalue weighted by atomic mass is 10.2. The highest BCUT2D eigenvalue weighted by atomic mass is 32.2. The molecule has 0 saturated heterocycles. The first kappa shape index (κ1) is 14.3. The summed E-state index contributed by atoms with van der Waals surface area (Å²) >= 11 is 0. The molecule has 2 rings (SSSR count). The van der Waals surface area contributed by atoms with E-state index in [0.29, 0.717) is 5.56 Å². The molecule has 2 aromatic rings. The van der Waals surface area contributed by atoms with Crippen molar-refractivity contribution in [3.05, 3.63) is 65.2 Å². The van der Waals surface area contributed by atoms with Gasteiger partial charge in [-0.3, -0.25) is 0 Å². The van der Waals surface area contributed by atoms with E-state index in [1.54, 1.807) is 6.07 Å². The molecule has 1 N–H and O–H groups in total. The fourth-order valence-corrected chi connectivity index (χ4v) is 3.25. The van der Waals surface area contributed by atoms with Crippen molar-refractivity contribution in [2.24, 2.45) is 0 Å². The Morgan fingerprint density at radius 1 is 1.10 bits per heavy atom. The highest BCUT2D eigenvalue weighted by Crippen LogP contribution is 2.18. The maximum absolute atomic E-state index is 12.2. The van der Waals surface area contributed by atoms with Crippen LogP contribution in [0.1, 0.15) is 21.5 Å². The highest BCUT2D eigenvalue weighted by Gasteiger charge is 2.16. The average Bonchev–Trinajstić information content (AvgIpc) is 2.38. The zero-order valence-corrected chi connectivity index (χ0v) is 11.7. The summed E-state index contributed by atoms with van der Waals surface area (Å²) in [5, 5.41) is 8.79. The molecule has 20 heavy (non-hydrogen) atoms. The number of hydrogen-bond acceptors (Lipinski definition) is 3. The van der Waals surface area contributed by atoms with Crippen molar-refractivity contribution in [3.63, 3.8) is 0 Å². The first-order valence-corrected chi connectivity index (χ1v) is 7.65. The van der Waals surface area contributed by atoms with Gasteiger partial charge in [-0.25, -0.2) is 13.2 Å². The summed E-state index contributed by atoms with van der Waals surface area (Å²) in [6.07, 6.45) is 0. The maximum atomic E-state index is 12.2. The van der Waals surface area contributed by atoms with Crippen LogP contribution in [0, 0.1) is 6.92 Å². The molecule has 0 aromatic heterocycles. The third-order valence-electron chi connectivity index (χ3n) is 2.90. The Hall–Kier alpha value is -2.14. The molecule has 4 nitrogen and oxygen atoms in total. The van der Waals surface area contributed by atoms with E-state index >= 15 is 0 Å². The van der Waals surface area contributed by atoms with Gasteiger partial charge >= 0.3 is 5.97 Å². The van der Waals surface area contributed by atoms with Crippen LogP contribution in [0.15, 0.2) is 53.4 Å². The topological polar surface area (TPSA) is 71.4 Å². The summed E-state index contributed by atoms with van der Waals surface area (Å²) in [6.45, 7) is 1.90. The summed E-state index contributed by atoms with van der Waals surface area (Å²) in [5.41, 5.74) is 1.78. The Bertz CT molecular complexity index is 731. The fourth-order valence-electron chi connectivity index (χ4n) is 1.91. The van der Waals surface area contributed by atoms with E-state index in [2.05, 4.69) is 0 Å². The Morgan fingerprint density at radius 2 is 1.75 bits per heavy atom. The van der Waals surface area contributed by atoms with Crippen LogP contribution in [0.4, 0.5) is 0 Å². The minimum Gasteiger partial charge on any atom is -0.478 e. The van der Waals surface area contributed by atoms with Gasteiger partial charge in [-0.05, 0) is 36.8 Å².